The lowest BCUT2D eigenvalue weighted by Crippen LogP contribution is -2.50. The van der Waals surface area contributed by atoms with E-state index in [4.69, 9.17) is 4.74 Å². The molecular weight excluding hydrogens is 368 g/mol. The van der Waals surface area contributed by atoms with Crippen molar-refractivity contribution in [2.45, 2.75) is 20.4 Å². The molecular formula is C22H28N4O3. The van der Waals surface area contributed by atoms with E-state index >= 15 is 0 Å². The molecule has 0 N–H and O–H groups in total. The van der Waals surface area contributed by atoms with E-state index in [0.717, 1.165) is 18.8 Å². The van der Waals surface area contributed by atoms with Crippen molar-refractivity contribution in [3.05, 3.63) is 59.9 Å². The zero-order valence-corrected chi connectivity index (χ0v) is 17.1. The second-order valence-corrected chi connectivity index (χ2v) is 6.88. The highest BCUT2D eigenvalue weighted by atomic mass is 16.6. The molecule has 1 aliphatic rings. The van der Waals surface area contributed by atoms with Crippen LogP contribution in [0, 0.1) is 0 Å². The lowest BCUT2D eigenvalue weighted by Gasteiger charge is -2.34. The van der Waals surface area contributed by atoms with Crippen LogP contribution in [-0.4, -0.2) is 66.1 Å². The summed E-state index contributed by atoms with van der Waals surface area (Å²) in [6.45, 7) is 7.73. The number of hydrogen-bond acceptors (Lipinski definition) is 5. The van der Waals surface area contributed by atoms with E-state index in [0.29, 0.717) is 38.5 Å². The predicted molar refractivity (Wildman–Crippen MR) is 112 cm³/mol. The van der Waals surface area contributed by atoms with Crippen LogP contribution in [0.3, 0.4) is 0 Å². The number of amides is 2. The standard InChI is InChI=1S/C22H28N4O3/c1-3-24(17-18-8-6-5-7-9-18)19-10-11-23-20(16-19)21(27)25-12-14-26(15-13-25)22(28)29-4-2/h5-11,16H,3-4,12-15,17H2,1-2H3. The number of carbonyl (C=O) groups is 2. The fourth-order valence-corrected chi connectivity index (χ4v) is 3.39. The molecule has 0 saturated carbocycles. The molecule has 0 unspecified atom stereocenters. The Morgan fingerprint density at radius 3 is 2.38 bits per heavy atom. The van der Waals surface area contributed by atoms with E-state index in [9.17, 15) is 9.59 Å². The maximum absolute atomic E-state index is 12.9. The molecule has 2 heterocycles. The molecule has 1 aliphatic heterocycles. The maximum Gasteiger partial charge on any atom is 0.409 e. The van der Waals surface area contributed by atoms with E-state index in [2.05, 4.69) is 28.9 Å². The van der Waals surface area contributed by atoms with Crippen LogP contribution in [0.1, 0.15) is 29.9 Å². The van der Waals surface area contributed by atoms with Crippen LogP contribution >= 0.6 is 0 Å². The Hall–Kier alpha value is -3.09. The van der Waals surface area contributed by atoms with Gasteiger partial charge in [-0.15, -0.1) is 0 Å². The molecule has 154 valence electrons. The third kappa shape index (κ3) is 5.25. The summed E-state index contributed by atoms with van der Waals surface area (Å²) >= 11 is 0. The molecule has 2 aromatic rings. The van der Waals surface area contributed by atoms with Gasteiger partial charge in [0.25, 0.3) is 5.91 Å². The third-order valence-electron chi connectivity index (χ3n) is 5.02. The topological polar surface area (TPSA) is 66.0 Å². The number of ether oxygens (including phenoxy) is 1. The minimum atomic E-state index is -0.320. The molecule has 29 heavy (non-hydrogen) atoms. The molecule has 1 fully saturated rings. The lowest BCUT2D eigenvalue weighted by molar-refractivity contribution is 0.0566. The zero-order chi connectivity index (χ0) is 20.6. The van der Waals surface area contributed by atoms with Gasteiger partial charge in [-0.2, -0.15) is 0 Å². The highest BCUT2D eigenvalue weighted by Gasteiger charge is 2.26. The fourth-order valence-electron chi connectivity index (χ4n) is 3.39. The average molecular weight is 396 g/mol. The van der Waals surface area contributed by atoms with E-state index in [-0.39, 0.29) is 12.0 Å². The van der Waals surface area contributed by atoms with Crippen molar-refractivity contribution >= 4 is 17.7 Å². The second-order valence-electron chi connectivity index (χ2n) is 6.88. The van der Waals surface area contributed by atoms with Gasteiger partial charge >= 0.3 is 6.09 Å². The summed E-state index contributed by atoms with van der Waals surface area (Å²) < 4.78 is 5.03. The van der Waals surface area contributed by atoms with E-state index < -0.39 is 0 Å². The molecule has 0 aliphatic carbocycles. The number of pyridine rings is 1. The molecule has 1 saturated heterocycles. The normalized spacial score (nSPS) is 13.9. The molecule has 1 aromatic carbocycles. The Morgan fingerprint density at radius 1 is 1.03 bits per heavy atom. The van der Waals surface area contributed by atoms with Gasteiger partial charge < -0.3 is 19.4 Å². The first-order valence-corrected chi connectivity index (χ1v) is 10.1. The van der Waals surface area contributed by atoms with Crippen LogP contribution in [-0.2, 0) is 11.3 Å². The summed E-state index contributed by atoms with van der Waals surface area (Å²) in [7, 11) is 0. The minimum Gasteiger partial charge on any atom is -0.450 e. The van der Waals surface area contributed by atoms with Crippen molar-refractivity contribution in [1.82, 2.24) is 14.8 Å². The van der Waals surface area contributed by atoms with Crippen molar-refractivity contribution in [3.8, 4) is 0 Å². The summed E-state index contributed by atoms with van der Waals surface area (Å²) in [6, 6.07) is 14.0. The largest absolute Gasteiger partial charge is 0.450 e. The van der Waals surface area contributed by atoms with Gasteiger partial charge in [-0.3, -0.25) is 9.78 Å². The van der Waals surface area contributed by atoms with Gasteiger partial charge in [0, 0.05) is 51.2 Å². The lowest BCUT2D eigenvalue weighted by atomic mass is 10.2. The van der Waals surface area contributed by atoms with Gasteiger partial charge in [-0.05, 0) is 31.5 Å². The maximum atomic E-state index is 12.9. The molecule has 0 spiro atoms. The summed E-state index contributed by atoms with van der Waals surface area (Å²) in [5.74, 6) is -0.105. The molecule has 2 amide bonds. The van der Waals surface area contributed by atoms with Gasteiger partial charge in [0.1, 0.15) is 5.69 Å². The van der Waals surface area contributed by atoms with Crippen molar-refractivity contribution in [2.24, 2.45) is 0 Å². The molecule has 7 nitrogen and oxygen atoms in total. The molecule has 3 rings (SSSR count). The smallest absolute Gasteiger partial charge is 0.409 e. The number of hydrogen-bond donors (Lipinski definition) is 0. The third-order valence-corrected chi connectivity index (χ3v) is 5.02. The number of aromatic nitrogens is 1. The first-order valence-electron chi connectivity index (χ1n) is 10.1. The van der Waals surface area contributed by atoms with Gasteiger partial charge in [0.15, 0.2) is 0 Å². The first-order chi connectivity index (χ1) is 14.1. The molecule has 1 aromatic heterocycles. The van der Waals surface area contributed by atoms with Crippen LogP contribution in [0.15, 0.2) is 48.7 Å². The zero-order valence-electron chi connectivity index (χ0n) is 17.1. The Bertz CT molecular complexity index is 820. The predicted octanol–water partition coefficient (Wildman–Crippen LogP) is 3.02. The number of carbonyl (C=O) groups excluding carboxylic acids is 2. The average Bonchev–Trinajstić information content (AvgIpc) is 2.78. The Morgan fingerprint density at radius 2 is 1.72 bits per heavy atom. The highest BCUT2D eigenvalue weighted by Crippen LogP contribution is 2.19. The van der Waals surface area contributed by atoms with E-state index in [1.807, 2.05) is 30.3 Å². The minimum absolute atomic E-state index is 0.105. The van der Waals surface area contributed by atoms with Crippen LogP contribution in [0.5, 0.6) is 0 Å². The van der Waals surface area contributed by atoms with Gasteiger partial charge in [0.2, 0.25) is 0 Å². The Labute approximate surface area is 171 Å². The summed E-state index contributed by atoms with van der Waals surface area (Å²) in [5.41, 5.74) is 2.62. The fraction of sp³-hybridized carbons (Fsp3) is 0.409. The quantitative estimate of drug-likeness (QED) is 0.751. The molecule has 7 heteroatoms. The number of anilines is 1. The monoisotopic (exact) mass is 396 g/mol. The van der Waals surface area contributed by atoms with Crippen molar-refractivity contribution in [3.63, 3.8) is 0 Å². The second kappa shape index (κ2) is 9.91. The van der Waals surface area contributed by atoms with Crippen LogP contribution in [0.25, 0.3) is 0 Å². The number of rotatable bonds is 6. The van der Waals surface area contributed by atoms with Crippen LogP contribution < -0.4 is 4.90 Å². The van der Waals surface area contributed by atoms with Crippen molar-refractivity contribution in [1.29, 1.82) is 0 Å². The summed E-state index contributed by atoms with van der Waals surface area (Å²) in [5, 5.41) is 0. The van der Waals surface area contributed by atoms with Crippen molar-refractivity contribution < 1.29 is 14.3 Å². The molecule has 0 atom stereocenters. The Kier molecular flexibility index (Phi) is 7.05. The van der Waals surface area contributed by atoms with E-state index in [1.54, 1.807) is 22.9 Å². The number of piperazine rings is 1. The van der Waals surface area contributed by atoms with Gasteiger partial charge in [-0.1, -0.05) is 30.3 Å². The highest BCUT2D eigenvalue weighted by molar-refractivity contribution is 5.93. The number of benzene rings is 1. The molecule has 0 radical (unpaired) electrons. The first kappa shape index (κ1) is 20.6. The van der Waals surface area contributed by atoms with E-state index in [1.165, 1.54) is 5.56 Å². The van der Waals surface area contributed by atoms with Gasteiger partial charge in [0.05, 0.1) is 6.61 Å². The summed E-state index contributed by atoms with van der Waals surface area (Å²) in [6.07, 6.45) is 1.37. The molecule has 0 bridgehead atoms. The van der Waals surface area contributed by atoms with Crippen LogP contribution in [0.2, 0.25) is 0 Å². The number of nitrogens with zero attached hydrogens (tertiary/aromatic N) is 4. The van der Waals surface area contributed by atoms with Gasteiger partial charge in [-0.25, -0.2) is 4.79 Å². The summed E-state index contributed by atoms with van der Waals surface area (Å²) in [4.78, 5) is 34.7. The van der Waals surface area contributed by atoms with Crippen molar-refractivity contribution in [2.75, 3.05) is 44.2 Å². The SMILES string of the molecule is CCOC(=O)N1CCN(C(=O)c2cc(N(CC)Cc3ccccc3)ccn2)CC1. The van der Waals surface area contributed by atoms with Crippen LogP contribution in [0.4, 0.5) is 10.5 Å². The Balaban J connectivity index is 1.65.